The Hall–Kier alpha value is -3.25. The monoisotopic (exact) mass is 444 g/mol. The molecule has 2 amide bonds. The predicted molar refractivity (Wildman–Crippen MR) is 127 cm³/mol. The summed E-state index contributed by atoms with van der Waals surface area (Å²) in [5.41, 5.74) is 4.56. The van der Waals surface area contributed by atoms with Crippen LogP contribution in [0.1, 0.15) is 27.0 Å². The highest BCUT2D eigenvalue weighted by Crippen LogP contribution is 2.54. The number of hydrogen-bond donors (Lipinski definition) is 0. The number of ether oxygens (including phenoxy) is 1. The largest absolute Gasteiger partial charge is 0.497 e. The molecule has 162 valence electrons. The molecule has 5 nitrogen and oxygen atoms in total. The number of methoxy groups -OCH3 is 1. The van der Waals surface area contributed by atoms with Crippen LogP contribution in [0.4, 0.5) is 5.69 Å². The van der Waals surface area contributed by atoms with Gasteiger partial charge >= 0.3 is 0 Å². The highest BCUT2D eigenvalue weighted by Gasteiger charge is 2.59. The summed E-state index contributed by atoms with van der Waals surface area (Å²) < 4.78 is 5.22. The molecule has 2 aliphatic rings. The molecule has 0 aromatic heterocycles. The maximum absolute atomic E-state index is 14.0. The van der Waals surface area contributed by atoms with E-state index in [4.69, 9.17) is 4.74 Å². The maximum Gasteiger partial charge on any atom is 0.268 e. The topological polar surface area (TPSA) is 49.9 Å². The minimum absolute atomic E-state index is 0.0497. The van der Waals surface area contributed by atoms with Crippen molar-refractivity contribution in [2.24, 2.45) is 0 Å². The molecule has 0 N–H and O–H groups in total. The van der Waals surface area contributed by atoms with Crippen LogP contribution < -0.4 is 9.64 Å². The van der Waals surface area contributed by atoms with Gasteiger partial charge in [0.15, 0.2) is 4.87 Å². The molecule has 1 atom stereocenters. The molecule has 0 radical (unpaired) electrons. The van der Waals surface area contributed by atoms with E-state index in [1.54, 1.807) is 48.0 Å². The van der Waals surface area contributed by atoms with Crippen LogP contribution in [0, 0.1) is 6.92 Å². The van der Waals surface area contributed by atoms with E-state index in [0.717, 1.165) is 22.4 Å². The van der Waals surface area contributed by atoms with Crippen molar-refractivity contribution in [2.45, 2.75) is 18.3 Å². The van der Waals surface area contributed by atoms with Gasteiger partial charge in [-0.05, 0) is 48.4 Å². The van der Waals surface area contributed by atoms with Gasteiger partial charge in [0.2, 0.25) is 0 Å². The molecule has 2 aliphatic heterocycles. The Bertz CT molecular complexity index is 1190. The number of thioether (sulfide) groups is 1. The molecule has 5 rings (SSSR count). The minimum Gasteiger partial charge on any atom is -0.497 e. The van der Waals surface area contributed by atoms with Crippen LogP contribution in [0.15, 0.2) is 72.8 Å². The van der Waals surface area contributed by atoms with Crippen LogP contribution in [-0.4, -0.2) is 36.1 Å². The highest BCUT2D eigenvalue weighted by atomic mass is 32.2. The molecule has 0 unspecified atom stereocenters. The quantitative estimate of drug-likeness (QED) is 0.591. The van der Waals surface area contributed by atoms with Crippen LogP contribution in [-0.2, 0) is 16.2 Å². The first-order chi connectivity index (χ1) is 15.6. The van der Waals surface area contributed by atoms with E-state index in [1.807, 2.05) is 41.3 Å². The Morgan fingerprint density at radius 1 is 1.03 bits per heavy atom. The lowest BCUT2D eigenvalue weighted by Crippen LogP contribution is -2.50. The molecule has 0 aliphatic carbocycles. The third-order valence-electron chi connectivity index (χ3n) is 6.27. The van der Waals surface area contributed by atoms with Gasteiger partial charge in [-0.15, -0.1) is 11.8 Å². The number of hydrogen-bond acceptors (Lipinski definition) is 4. The SMILES string of the molecule is COc1ccc(C(=O)N2CCS[C@]23C(=O)N(Cc2ccccc2C)c2ccccc23)cc1. The minimum atomic E-state index is -1.03. The van der Waals surface area contributed by atoms with Crippen molar-refractivity contribution in [2.75, 3.05) is 24.3 Å². The normalized spacial score (nSPS) is 19.5. The average molecular weight is 445 g/mol. The zero-order valence-corrected chi connectivity index (χ0v) is 18.9. The molecule has 1 saturated heterocycles. The zero-order valence-electron chi connectivity index (χ0n) is 18.1. The number of benzene rings is 3. The van der Waals surface area contributed by atoms with Crippen LogP contribution in [0.25, 0.3) is 0 Å². The fraction of sp³-hybridized carbons (Fsp3) is 0.231. The molecule has 3 aromatic rings. The van der Waals surface area contributed by atoms with Gasteiger partial charge in [-0.25, -0.2) is 0 Å². The van der Waals surface area contributed by atoms with Crippen LogP contribution in [0.5, 0.6) is 5.75 Å². The van der Waals surface area contributed by atoms with Crippen molar-refractivity contribution in [1.82, 2.24) is 4.90 Å². The summed E-state index contributed by atoms with van der Waals surface area (Å²) in [6.07, 6.45) is 0. The second-order valence-electron chi connectivity index (χ2n) is 8.01. The number of nitrogens with zero attached hydrogens (tertiary/aromatic N) is 2. The number of carbonyl (C=O) groups excluding carboxylic acids is 2. The predicted octanol–water partition coefficient (Wildman–Crippen LogP) is 4.59. The molecular formula is C26H24N2O3S. The van der Waals surface area contributed by atoms with Crippen molar-refractivity contribution in [3.8, 4) is 5.75 Å². The van der Waals surface area contributed by atoms with E-state index in [9.17, 15) is 9.59 Å². The van der Waals surface area contributed by atoms with Crippen molar-refractivity contribution >= 4 is 29.3 Å². The summed E-state index contributed by atoms with van der Waals surface area (Å²) in [5.74, 6) is 1.21. The second kappa shape index (κ2) is 8.02. The van der Waals surface area contributed by atoms with Crippen LogP contribution in [0.3, 0.4) is 0 Å². The first-order valence-electron chi connectivity index (χ1n) is 10.6. The first kappa shape index (κ1) is 20.6. The Morgan fingerprint density at radius 2 is 1.75 bits per heavy atom. The molecule has 0 saturated carbocycles. The fourth-order valence-corrected chi connectivity index (χ4v) is 6.03. The first-order valence-corrected chi connectivity index (χ1v) is 11.6. The van der Waals surface area contributed by atoms with Gasteiger partial charge < -0.3 is 14.5 Å². The average Bonchev–Trinajstić information content (AvgIpc) is 3.37. The van der Waals surface area contributed by atoms with E-state index in [2.05, 4.69) is 19.1 Å². The Morgan fingerprint density at radius 3 is 2.50 bits per heavy atom. The van der Waals surface area contributed by atoms with Gasteiger partial charge in [0, 0.05) is 23.4 Å². The van der Waals surface area contributed by atoms with Crippen LogP contribution >= 0.6 is 11.8 Å². The van der Waals surface area contributed by atoms with Gasteiger partial charge in [-0.2, -0.15) is 0 Å². The lowest BCUT2D eigenvalue weighted by molar-refractivity contribution is -0.123. The van der Waals surface area contributed by atoms with Gasteiger partial charge in [-0.1, -0.05) is 42.5 Å². The molecule has 0 bridgehead atoms. The zero-order chi connectivity index (χ0) is 22.3. The number of aryl methyl sites for hydroxylation is 1. The van der Waals surface area contributed by atoms with Gasteiger partial charge in [0.25, 0.3) is 11.8 Å². The second-order valence-corrected chi connectivity index (χ2v) is 9.30. The van der Waals surface area contributed by atoms with Gasteiger partial charge in [0.05, 0.1) is 19.3 Å². The van der Waals surface area contributed by atoms with Crippen molar-refractivity contribution < 1.29 is 14.3 Å². The lowest BCUT2D eigenvalue weighted by atomic mass is 10.0. The number of para-hydroxylation sites is 1. The standard InChI is InChI=1S/C26H24N2O3S/c1-18-7-3-4-8-20(18)17-27-23-10-6-5-9-22(23)26(25(27)30)28(15-16-32-26)24(29)19-11-13-21(31-2)14-12-19/h3-14H,15-17H2,1-2H3/t26-/m1/s1. The number of anilines is 1. The van der Waals surface area contributed by atoms with E-state index in [-0.39, 0.29) is 11.8 Å². The molecule has 32 heavy (non-hydrogen) atoms. The molecule has 3 aromatic carbocycles. The molecule has 6 heteroatoms. The molecule has 1 fully saturated rings. The van der Waals surface area contributed by atoms with Crippen LogP contribution in [0.2, 0.25) is 0 Å². The van der Waals surface area contributed by atoms with Crippen molar-refractivity contribution in [3.05, 3.63) is 95.1 Å². The van der Waals surface area contributed by atoms with E-state index in [0.29, 0.717) is 30.2 Å². The third-order valence-corrected chi connectivity index (χ3v) is 7.69. The third kappa shape index (κ3) is 3.09. The summed E-state index contributed by atoms with van der Waals surface area (Å²) in [6, 6.07) is 23.0. The number of carbonyl (C=O) groups is 2. The molecular weight excluding hydrogens is 420 g/mol. The summed E-state index contributed by atoms with van der Waals surface area (Å²) >= 11 is 1.55. The van der Waals surface area contributed by atoms with E-state index in [1.165, 1.54) is 0 Å². The van der Waals surface area contributed by atoms with Gasteiger partial charge in [-0.3, -0.25) is 9.59 Å². The molecule has 1 spiro atoms. The van der Waals surface area contributed by atoms with E-state index < -0.39 is 4.87 Å². The highest BCUT2D eigenvalue weighted by molar-refractivity contribution is 8.01. The summed E-state index contributed by atoms with van der Waals surface area (Å²) in [5, 5.41) is 0. The summed E-state index contributed by atoms with van der Waals surface area (Å²) in [6.45, 7) is 3.06. The van der Waals surface area contributed by atoms with Gasteiger partial charge in [0.1, 0.15) is 5.75 Å². The van der Waals surface area contributed by atoms with Crippen molar-refractivity contribution in [3.63, 3.8) is 0 Å². The Kier molecular flexibility index (Phi) is 5.18. The van der Waals surface area contributed by atoms with Crippen molar-refractivity contribution in [1.29, 1.82) is 0 Å². The smallest absolute Gasteiger partial charge is 0.268 e. The van der Waals surface area contributed by atoms with E-state index >= 15 is 0 Å². The number of fused-ring (bicyclic) bond motifs is 2. The number of amides is 2. The lowest BCUT2D eigenvalue weighted by Gasteiger charge is -2.33. The Labute approximate surface area is 192 Å². The Balaban J connectivity index is 1.56. The fourth-order valence-electron chi connectivity index (χ4n) is 4.57. The summed E-state index contributed by atoms with van der Waals surface area (Å²) in [7, 11) is 1.60. The summed E-state index contributed by atoms with van der Waals surface area (Å²) in [4.78, 5) is 30.2. The molecule has 2 heterocycles. The number of rotatable bonds is 4. The maximum atomic E-state index is 14.0.